The van der Waals surface area contributed by atoms with Crippen LogP contribution in [0.1, 0.15) is 20.7 Å². The number of halogens is 2. The van der Waals surface area contributed by atoms with Crippen molar-refractivity contribution in [3.63, 3.8) is 0 Å². The highest BCUT2D eigenvalue weighted by Crippen LogP contribution is 2.21. The summed E-state index contributed by atoms with van der Waals surface area (Å²) in [5.41, 5.74) is 0.0513. The van der Waals surface area contributed by atoms with Gasteiger partial charge in [0, 0.05) is 0 Å². The smallest absolute Gasteiger partial charge is 0.526 e. The Labute approximate surface area is 142 Å². The Kier molecular flexibility index (Phi) is 5.94. The summed E-state index contributed by atoms with van der Waals surface area (Å²) in [6, 6.07) is 6.98. The molecule has 2 aromatic rings. The second-order valence-electron chi connectivity index (χ2n) is 4.68. The molecule has 2 aromatic carbocycles. The van der Waals surface area contributed by atoms with E-state index in [4.69, 9.17) is 9.31 Å². The molecule has 25 heavy (non-hydrogen) atoms. The zero-order valence-electron chi connectivity index (χ0n) is 13.4. The van der Waals surface area contributed by atoms with E-state index in [1.165, 1.54) is 38.5 Å². The van der Waals surface area contributed by atoms with E-state index in [0.29, 0.717) is 0 Å². The molecule has 0 heterocycles. The Morgan fingerprint density at radius 3 is 1.52 bits per heavy atom. The van der Waals surface area contributed by atoms with Gasteiger partial charge in [-0.1, -0.05) is 0 Å². The van der Waals surface area contributed by atoms with E-state index in [9.17, 15) is 18.4 Å². The van der Waals surface area contributed by atoms with Crippen LogP contribution in [-0.2, 0) is 9.47 Å². The van der Waals surface area contributed by atoms with Crippen LogP contribution < -0.4 is 9.31 Å². The van der Waals surface area contributed by atoms with E-state index in [0.717, 1.165) is 12.1 Å². The van der Waals surface area contributed by atoms with Crippen molar-refractivity contribution in [3.8, 4) is 11.5 Å². The van der Waals surface area contributed by atoms with E-state index >= 15 is 0 Å². The van der Waals surface area contributed by atoms with Crippen molar-refractivity contribution in [1.82, 2.24) is 0 Å². The minimum Gasteiger partial charge on any atom is -0.526 e. The highest BCUT2D eigenvalue weighted by molar-refractivity contribution is 6.20. The first-order valence-corrected chi connectivity index (χ1v) is 6.97. The number of esters is 2. The largest absolute Gasteiger partial charge is 0.576 e. The maximum Gasteiger partial charge on any atom is 0.576 e. The summed E-state index contributed by atoms with van der Waals surface area (Å²) < 4.78 is 46.7. The van der Waals surface area contributed by atoms with E-state index < -0.39 is 31.3 Å². The van der Waals surface area contributed by atoms with Crippen molar-refractivity contribution < 1.29 is 37.2 Å². The number of ether oxygens (including phenoxy) is 2. The number of benzene rings is 2. The Balaban J connectivity index is 1.99. The minimum absolute atomic E-state index is 0.0257. The monoisotopic (exact) mass is 350 g/mol. The Hall–Kier alpha value is -3.10. The van der Waals surface area contributed by atoms with Crippen molar-refractivity contribution in [2.45, 2.75) is 0 Å². The van der Waals surface area contributed by atoms with E-state index in [1.807, 2.05) is 0 Å². The molecule has 0 unspecified atom stereocenters. The predicted octanol–water partition coefficient (Wildman–Crippen LogP) is 2.26. The summed E-state index contributed by atoms with van der Waals surface area (Å²) in [5.74, 6) is -3.33. The first kappa shape index (κ1) is 18.2. The molecule has 0 spiro atoms. The van der Waals surface area contributed by atoms with Crippen molar-refractivity contribution >= 4 is 19.6 Å². The fourth-order valence-corrected chi connectivity index (χ4v) is 1.88. The van der Waals surface area contributed by atoms with E-state index in [-0.39, 0.29) is 22.6 Å². The van der Waals surface area contributed by atoms with Gasteiger partial charge in [-0.15, -0.1) is 0 Å². The van der Waals surface area contributed by atoms with Crippen molar-refractivity contribution in [1.29, 1.82) is 0 Å². The zero-order valence-corrected chi connectivity index (χ0v) is 13.4. The van der Waals surface area contributed by atoms with Crippen LogP contribution in [0.3, 0.4) is 0 Å². The summed E-state index contributed by atoms with van der Waals surface area (Å²) in [5, 5.41) is 0. The highest BCUT2D eigenvalue weighted by Gasteiger charge is 2.14. The Morgan fingerprint density at radius 1 is 0.800 bits per heavy atom. The topological polar surface area (TPSA) is 71.1 Å². The molecular weight excluding hydrogens is 337 g/mol. The summed E-state index contributed by atoms with van der Waals surface area (Å²) in [6.07, 6.45) is 0. The molecule has 0 aliphatic heterocycles. The number of carbonyl (C=O) groups excluding carboxylic acids is 2. The van der Waals surface area contributed by atoms with E-state index in [2.05, 4.69) is 9.47 Å². The molecule has 9 heteroatoms. The van der Waals surface area contributed by atoms with Gasteiger partial charge in [0.25, 0.3) is 0 Å². The first-order chi connectivity index (χ1) is 12.0. The van der Waals surface area contributed by atoms with Gasteiger partial charge in [0.05, 0.1) is 25.3 Å². The Bertz CT molecular complexity index is 731. The summed E-state index contributed by atoms with van der Waals surface area (Å²) >= 11 is 0. The quantitative estimate of drug-likeness (QED) is 0.588. The van der Waals surface area contributed by atoms with Gasteiger partial charge < -0.3 is 18.8 Å². The second kappa shape index (κ2) is 8.14. The molecule has 0 radical (unpaired) electrons. The number of hydrogen-bond acceptors (Lipinski definition) is 6. The zero-order chi connectivity index (χ0) is 18.4. The standard InChI is InChI=1S/C16H13BF2O6/c1-22-15(20)9-3-5-13(11(18)7-9)24-17-25-14-6-4-10(8-12(14)19)16(21)23-2/h3-8,17H,1-2H3. The first-order valence-electron chi connectivity index (χ1n) is 6.97. The number of rotatable bonds is 6. The van der Waals surface area contributed by atoms with Gasteiger partial charge in [0.15, 0.2) is 11.6 Å². The lowest BCUT2D eigenvalue weighted by Gasteiger charge is -2.10. The highest BCUT2D eigenvalue weighted by atomic mass is 19.1. The van der Waals surface area contributed by atoms with E-state index in [1.54, 1.807) is 0 Å². The molecule has 0 bridgehead atoms. The average molecular weight is 350 g/mol. The molecule has 0 aromatic heterocycles. The van der Waals surface area contributed by atoms with Crippen LogP contribution in [0.25, 0.3) is 0 Å². The molecule has 2 rings (SSSR count). The van der Waals surface area contributed by atoms with Crippen LogP contribution >= 0.6 is 0 Å². The third-order valence-electron chi connectivity index (χ3n) is 3.13. The molecule has 130 valence electrons. The SMILES string of the molecule is COC(=O)c1ccc(OBOc2ccc(C(=O)OC)cc2F)c(F)c1. The molecule has 6 nitrogen and oxygen atoms in total. The third-order valence-corrected chi connectivity index (χ3v) is 3.13. The molecule has 0 saturated carbocycles. The van der Waals surface area contributed by atoms with Crippen LogP contribution in [0.15, 0.2) is 36.4 Å². The number of methoxy groups -OCH3 is 2. The van der Waals surface area contributed by atoms with Gasteiger partial charge in [0.1, 0.15) is 11.5 Å². The number of carbonyl (C=O) groups is 2. The molecule has 0 aliphatic carbocycles. The fraction of sp³-hybridized carbons (Fsp3) is 0.125. The van der Waals surface area contributed by atoms with Crippen LogP contribution in [0.2, 0.25) is 0 Å². The average Bonchev–Trinajstić information content (AvgIpc) is 2.62. The van der Waals surface area contributed by atoms with Crippen LogP contribution in [-0.4, -0.2) is 33.8 Å². The number of hydrogen-bond donors (Lipinski definition) is 0. The molecule has 0 aliphatic rings. The molecular formula is C16H13BF2O6. The Morgan fingerprint density at radius 2 is 1.20 bits per heavy atom. The van der Waals surface area contributed by atoms with Crippen molar-refractivity contribution in [2.75, 3.05) is 14.2 Å². The lowest BCUT2D eigenvalue weighted by Crippen LogP contribution is -2.13. The molecule has 0 fully saturated rings. The predicted molar refractivity (Wildman–Crippen MR) is 83.9 cm³/mol. The van der Waals surface area contributed by atoms with Crippen LogP contribution in [0, 0.1) is 11.6 Å². The van der Waals surface area contributed by atoms with Gasteiger partial charge in [-0.25, -0.2) is 18.4 Å². The summed E-state index contributed by atoms with van der Waals surface area (Å²) in [4.78, 5) is 22.6. The lowest BCUT2D eigenvalue weighted by molar-refractivity contribution is 0.0591. The van der Waals surface area contributed by atoms with Crippen LogP contribution in [0.5, 0.6) is 11.5 Å². The van der Waals surface area contributed by atoms with Gasteiger partial charge in [-0.2, -0.15) is 0 Å². The molecule has 0 saturated heterocycles. The lowest BCUT2D eigenvalue weighted by atomic mass is 10.2. The van der Waals surface area contributed by atoms with Gasteiger partial charge in [-0.3, -0.25) is 0 Å². The van der Waals surface area contributed by atoms with Gasteiger partial charge in [0.2, 0.25) is 0 Å². The summed E-state index contributed by atoms with van der Waals surface area (Å²) in [6.45, 7) is 0. The molecule has 0 amide bonds. The third kappa shape index (κ3) is 4.47. The summed E-state index contributed by atoms with van der Waals surface area (Å²) in [7, 11) is 1.88. The second-order valence-corrected chi connectivity index (χ2v) is 4.68. The van der Waals surface area contributed by atoms with Crippen LogP contribution in [0.4, 0.5) is 8.78 Å². The molecule has 0 atom stereocenters. The minimum atomic E-state index is -0.798. The van der Waals surface area contributed by atoms with Crippen molar-refractivity contribution in [2.24, 2.45) is 0 Å². The maximum absolute atomic E-state index is 13.8. The van der Waals surface area contributed by atoms with Gasteiger partial charge >= 0.3 is 19.6 Å². The van der Waals surface area contributed by atoms with Gasteiger partial charge in [-0.05, 0) is 36.4 Å². The van der Waals surface area contributed by atoms with Crippen molar-refractivity contribution in [3.05, 3.63) is 59.2 Å². The normalized spacial score (nSPS) is 9.92. The molecule has 0 N–H and O–H groups in total. The maximum atomic E-state index is 13.8. The fourth-order valence-electron chi connectivity index (χ4n) is 1.88.